The van der Waals surface area contributed by atoms with Crippen LogP contribution in [-0.4, -0.2) is 20.9 Å². The van der Waals surface area contributed by atoms with Crippen molar-refractivity contribution in [1.82, 2.24) is 10.1 Å². The molecule has 28 heavy (non-hydrogen) atoms. The topological polar surface area (TPSA) is 81.9 Å². The Balaban J connectivity index is 1.90. The van der Waals surface area contributed by atoms with Crippen molar-refractivity contribution in [2.45, 2.75) is 31.1 Å². The number of hydrogen-bond acceptors (Lipinski definition) is 5. The second kappa shape index (κ2) is 7.85. The molecule has 0 radical (unpaired) electrons. The third-order valence-electron chi connectivity index (χ3n) is 4.62. The van der Waals surface area contributed by atoms with E-state index in [1.165, 1.54) is 17.8 Å². The van der Waals surface area contributed by atoms with Crippen LogP contribution in [0.4, 0.5) is 5.69 Å². The van der Waals surface area contributed by atoms with E-state index < -0.39 is 6.17 Å². The zero-order valence-electron chi connectivity index (χ0n) is 15.3. The van der Waals surface area contributed by atoms with Crippen LogP contribution in [0.1, 0.15) is 31.5 Å². The second-order valence-electron chi connectivity index (χ2n) is 6.53. The van der Waals surface area contributed by atoms with E-state index in [9.17, 15) is 9.90 Å². The van der Waals surface area contributed by atoms with Gasteiger partial charge in [-0.2, -0.15) is 0 Å². The lowest BCUT2D eigenvalue weighted by atomic mass is 10.0. The molecule has 1 aliphatic heterocycles. The molecular weight excluding hydrogens is 396 g/mol. The largest absolute Gasteiger partial charge is 0.506 e. The average molecular weight is 416 g/mol. The minimum atomic E-state index is -0.516. The number of nitrogens with zero attached hydrogens (tertiary/aromatic N) is 2. The van der Waals surface area contributed by atoms with Crippen LogP contribution >= 0.6 is 23.4 Å². The van der Waals surface area contributed by atoms with Gasteiger partial charge in [0.05, 0.1) is 21.8 Å². The lowest BCUT2D eigenvalue weighted by Gasteiger charge is -2.23. The fraction of sp³-hybridized carbons (Fsp3) is 0.250. The van der Waals surface area contributed by atoms with E-state index in [2.05, 4.69) is 17.2 Å². The first kappa shape index (κ1) is 18.8. The summed E-state index contributed by atoms with van der Waals surface area (Å²) in [5.41, 5.74) is 2.48. The molecule has 8 heteroatoms. The van der Waals surface area contributed by atoms with Crippen molar-refractivity contribution in [2.24, 2.45) is 0 Å². The molecule has 0 saturated carbocycles. The average Bonchev–Trinajstić information content (AvgIpc) is 2.69. The van der Waals surface area contributed by atoms with Crippen LogP contribution in [0.15, 0.2) is 52.4 Å². The molecule has 0 bridgehead atoms. The maximum Gasteiger partial charge on any atom is 0.325 e. The van der Waals surface area contributed by atoms with Gasteiger partial charge in [0, 0.05) is 10.9 Å². The number of benzene rings is 2. The van der Waals surface area contributed by atoms with Crippen molar-refractivity contribution in [2.75, 3.05) is 11.1 Å². The zero-order valence-corrected chi connectivity index (χ0v) is 16.8. The molecular formula is C20H20ClN4O2S+. The monoisotopic (exact) mass is 415 g/mol. The minimum absolute atomic E-state index is 0.00985. The zero-order chi connectivity index (χ0) is 19.7. The third-order valence-corrected chi connectivity index (χ3v) is 5.98. The van der Waals surface area contributed by atoms with E-state index in [1.807, 2.05) is 30.3 Å². The van der Waals surface area contributed by atoms with Crippen LogP contribution < -0.4 is 15.6 Å². The second-order valence-corrected chi connectivity index (χ2v) is 7.99. The summed E-state index contributed by atoms with van der Waals surface area (Å²) in [6.45, 7) is 2.12. The number of phenolic OH excluding ortho intramolecular Hbond substituents is 1. The van der Waals surface area contributed by atoms with Gasteiger partial charge in [-0.25, -0.2) is 0 Å². The van der Waals surface area contributed by atoms with Crippen LogP contribution in [-0.2, 0) is 0 Å². The summed E-state index contributed by atoms with van der Waals surface area (Å²) in [6, 6.07) is 12.7. The van der Waals surface area contributed by atoms with Gasteiger partial charge in [0.15, 0.2) is 0 Å². The van der Waals surface area contributed by atoms with E-state index >= 15 is 0 Å². The number of phenols is 1. The lowest BCUT2D eigenvalue weighted by molar-refractivity contribution is -0.759. The standard InChI is InChI=1S/C20H19ClN4O2S/c1-2-3-11-28-20-23-19(27)17-12-7-4-5-9-14(12)22-18(25(17)24-20)13-8-6-10-15(26)16(13)21/h4-10,18H,2-3,11H2,1H3,(H2,23,24,26,27)/p+1/t18-/m0/s1. The van der Waals surface area contributed by atoms with Crippen molar-refractivity contribution in [1.29, 1.82) is 0 Å². The Hall–Kier alpha value is -2.51. The highest BCUT2D eigenvalue weighted by atomic mass is 35.5. The number of aromatic hydroxyl groups is 1. The Morgan fingerprint density at radius 1 is 1.25 bits per heavy atom. The number of aromatic amines is 1. The molecule has 2 aromatic carbocycles. The molecule has 2 heterocycles. The number of unbranched alkanes of at least 4 members (excludes halogenated alkanes) is 1. The summed E-state index contributed by atoms with van der Waals surface area (Å²) < 4.78 is 1.66. The summed E-state index contributed by atoms with van der Waals surface area (Å²) in [6.07, 6.45) is 1.60. The molecule has 6 nitrogen and oxygen atoms in total. The molecule has 0 unspecified atom stereocenters. The van der Waals surface area contributed by atoms with Gasteiger partial charge in [0.1, 0.15) is 5.75 Å². The Bertz CT molecular complexity index is 1090. The number of hydrogen-bond donors (Lipinski definition) is 3. The number of H-pyrrole nitrogens is 1. The quantitative estimate of drug-likeness (QED) is 0.334. The summed E-state index contributed by atoms with van der Waals surface area (Å²) in [4.78, 5) is 15.9. The summed E-state index contributed by atoms with van der Waals surface area (Å²) in [7, 11) is 0. The van der Waals surface area contributed by atoms with Crippen molar-refractivity contribution < 1.29 is 9.79 Å². The predicted molar refractivity (Wildman–Crippen MR) is 111 cm³/mol. The van der Waals surface area contributed by atoms with Gasteiger partial charge in [0.25, 0.3) is 6.17 Å². The Morgan fingerprint density at radius 2 is 2.07 bits per heavy atom. The number of nitrogens with one attached hydrogen (secondary N) is 2. The summed E-state index contributed by atoms with van der Waals surface area (Å²) >= 11 is 7.90. The highest BCUT2D eigenvalue weighted by molar-refractivity contribution is 7.99. The van der Waals surface area contributed by atoms with Gasteiger partial charge in [-0.05, 0) is 35.4 Å². The number of fused-ring (bicyclic) bond motifs is 3. The fourth-order valence-corrected chi connectivity index (χ4v) is 4.39. The van der Waals surface area contributed by atoms with Crippen molar-refractivity contribution in [3.63, 3.8) is 0 Å². The number of rotatable bonds is 5. The SMILES string of the molecule is CCCCSc1n[n+]2c(c(=O)[nH]1)-c1ccccc1N[C@@H]2c1cccc(O)c1Cl. The van der Waals surface area contributed by atoms with Gasteiger partial charge in [0.2, 0.25) is 5.16 Å². The van der Waals surface area contributed by atoms with E-state index in [0.29, 0.717) is 16.4 Å². The maximum absolute atomic E-state index is 13.0. The smallest absolute Gasteiger partial charge is 0.325 e. The molecule has 1 aromatic heterocycles. The lowest BCUT2D eigenvalue weighted by Crippen LogP contribution is -2.55. The van der Waals surface area contributed by atoms with E-state index in [0.717, 1.165) is 29.8 Å². The van der Waals surface area contributed by atoms with Crippen molar-refractivity contribution in [3.05, 3.63) is 63.4 Å². The van der Waals surface area contributed by atoms with Gasteiger partial charge < -0.3 is 10.4 Å². The highest BCUT2D eigenvalue weighted by Gasteiger charge is 2.38. The maximum atomic E-state index is 13.0. The molecule has 0 aliphatic carbocycles. The fourth-order valence-electron chi connectivity index (χ4n) is 3.23. The van der Waals surface area contributed by atoms with E-state index in [1.54, 1.807) is 10.7 Å². The van der Waals surface area contributed by atoms with Crippen molar-refractivity contribution >= 4 is 29.1 Å². The van der Waals surface area contributed by atoms with Crippen LogP contribution in [0.5, 0.6) is 5.75 Å². The molecule has 0 saturated heterocycles. The molecule has 1 atom stereocenters. The molecule has 3 N–H and O–H groups in total. The first-order valence-electron chi connectivity index (χ1n) is 9.12. The van der Waals surface area contributed by atoms with E-state index in [4.69, 9.17) is 16.7 Å². The molecule has 0 spiro atoms. The minimum Gasteiger partial charge on any atom is -0.506 e. The normalized spacial score (nSPS) is 14.9. The molecule has 3 aromatic rings. The third kappa shape index (κ3) is 3.36. The highest BCUT2D eigenvalue weighted by Crippen LogP contribution is 2.36. The first-order chi connectivity index (χ1) is 13.6. The Morgan fingerprint density at radius 3 is 2.89 bits per heavy atom. The molecule has 0 amide bonds. The summed E-state index contributed by atoms with van der Waals surface area (Å²) in [5, 5.41) is 19.0. The number of thioether (sulfide) groups is 1. The van der Waals surface area contributed by atoms with Crippen LogP contribution in [0.25, 0.3) is 11.3 Å². The van der Waals surface area contributed by atoms with E-state index in [-0.39, 0.29) is 16.3 Å². The van der Waals surface area contributed by atoms with Gasteiger partial charge in [-0.3, -0.25) is 9.78 Å². The molecule has 0 fully saturated rings. The van der Waals surface area contributed by atoms with Crippen LogP contribution in [0.2, 0.25) is 5.02 Å². The first-order valence-corrected chi connectivity index (χ1v) is 10.5. The van der Waals surface area contributed by atoms with Gasteiger partial charge in [-0.1, -0.05) is 54.9 Å². The van der Waals surface area contributed by atoms with Crippen LogP contribution in [0.3, 0.4) is 0 Å². The van der Waals surface area contributed by atoms with Gasteiger partial charge >= 0.3 is 11.3 Å². The Kier molecular flexibility index (Phi) is 5.28. The number of anilines is 1. The number of para-hydroxylation sites is 1. The predicted octanol–water partition coefficient (Wildman–Crippen LogP) is 3.95. The van der Waals surface area contributed by atoms with Crippen molar-refractivity contribution in [3.8, 4) is 17.0 Å². The van der Waals surface area contributed by atoms with Gasteiger partial charge in [-0.15, -0.1) is 0 Å². The number of aromatic nitrogens is 3. The molecule has 1 aliphatic rings. The Labute approximate surface area is 171 Å². The van der Waals surface area contributed by atoms with Crippen LogP contribution in [0, 0.1) is 0 Å². The molecule has 4 rings (SSSR count). The summed E-state index contributed by atoms with van der Waals surface area (Å²) in [5.74, 6) is 0.865. The molecule has 144 valence electrons. The number of halogens is 1.